The molecule has 62 valence electrons. The van der Waals surface area contributed by atoms with Crippen LogP contribution >= 0.6 is 27.5 Å². The van der Waals surface area contributed by atoms with Crippen molar-refractivity contribution in [1.29, 1.82) is 0 Å². The van der Waals surface area contributed by atoms with Gasteiger partial charge >= 0.3 is 0 Å². The second kappa shape index (κ2) is 3.56. The number of alkyl halides is 1. The number of aryl methyl sites for hydroxylation is 1. The molecule has 0 bridgehead atoms. The van der Waals surface area contributed by atoms with Crippen molar-refractivity contribution >= 4 is 27.5 Å². The summed E-state index contributed by atoms with van der Waals surface area (Å²) < 4.78 is 4.91. The highest BCUT2D eigenvalue weighted by atomic mass is 79.9. The van der Waals surface area contributed by atoms with Gasteiger partial charge in [-0.1, -0.05) is 32.7 Å². The van der Waals surface area contributed by atoms with E-state index in [1.165, 1.54) is 0 Å². The zero-order valence-electron chi connectivity index (χ0n) is 5.97. The predicted octanol–water partition coefficient (Wildman–Crippen LogP) is 2.03. The topological polar surface area (TPSA) is 52.0 Å². The maximum atomic E-state index is 5.83. The van der Waals surface area contributed by atoms with Crippen molar-refractivity contribution in [3.05, 3.63) is 16.5 Å². The summed E-state index contributed by atoms with van der Waals surface area (Å²) >= 11 is 9.05. The Morgan fingerprint density at radius 3 is 2.82 bits per heavy atom. The Kier molecular flexibility index (Phi) is 2.92. The number of nitrogens with zero attached hydrogens (tertiary/aromatic N) is 1. The lowest BCUT2D eigenvalue weighted by atomic mass is 10.2. The van der Waals surface area contributed by atoms with Crippen molar-refractivity contribution in [3.8, 4) is 0 Å². The molecule has 1 aromatic heterocycles. The van der Waals surface area contributed by atoms with Crippen molar-refractivity contribution in [1.82, 2.24) is 5.16 Å². The summed E-state index contributed by atoms with van der Waals surface area (Å²) in [4.78, 5) is 0. The van der Waals surface area contributed by atoms with Crippen LogP contribution in [0.2, 0.25) is 5.02 Å². The normalized spacial score (nSPS) is 13.5. The van der Waals surface area contributed by atoms with E-state index in [1.54, 1.807) is 6.92 Å². The second-order valence-corrected chi connectivity index (χ2v) is 3.23. The molecule has 0 saturated carbocycles. The van der Waals surface area contributed by atoms with Crippen LogP contribution in [0.25, 0.3) is 0 Å². The number of hydrogen-bond acceptors (Lipinski definition) is 3. The van der Waals surface area contributed by atoms with Crippen molar-refractivity contribution in [3.63, 3.8) is 0 Å². The molecule has 0 radical (unpaired) electrons. The summed E-state index contributed by atoms with van der Waals surface area (Å²) in [5.74, 6) is 0.543. The average molecular weight is 240 g/mol. The first kappa shape index (κ1) is 9.03. The van der Waals surface area contributed by atoms with Crippen molar-refractivity contribution < 1.29 is 4.52 Å². The van der Waals surface area contributed by atoms with E-state index >= 15 is 0 Å². The summed E-state index contributed by atoms with van der Waals surface area (Å²) in [6, 6.07) is -0.219. The molecule has 0 aliphatic rings. The molecule has 1 aromatic rings. The minimum atomic E-state index is -0.219. The molecular formula is C6H8BrClN2O. The fraction of sp³-hybridized carbons (Fsp3) is 0.500. The van der Waals surface area contributed by atoms with Crippen LogP contribution in [0.4, 0.5) is 0 Å². The molecular weight excluding hydrogens is 231 g/mol. The first-order valence-electron chi connectivity index (χ1n) is 3.10. The van der Waals surface area contributed by atoms with Gasteiger partial charge in [-0.15, -0.1) is 0 Å². The smallest absolute Gasteiger partial charge is 0.173 e. The van der Waals surface area contributed by atoms with Crippen molar-refractivity contribution in [2.75, 3.05) is 5.33 Å². The van der Waals surface area contributed by atoms with Gasteiger partial charge in [-0.05, 0) is 6.92 Å². The molecule has 0 aliphatic heterocycles. The van der Waals surface area contributed by atoms with Crippen LogP contribution in [0.5, 0.6) is 0 Å². The Hall–Kier alpha value is -0.0600. The molecule has 0 spiro atoms. The van der Waals surface area contributed by atoms with Crippen LogP contribution in [0.15, 0.2) is 4.52 Å². The van der Waals surface area contributed by atoms with Gasteiger partial charge in [0.1, 0.15) is 5.02 Å². The number of rotatable bonds is 2. The van der Waals surface area contributed by atoms with Gasteiger partial charge in [-0.3, -0.25) is 0 Å². The molecule has 0 fully saturated rings. The van der Waals surface area contributed by atoms with Crippen LogP contribution in [-0.2, 0) is 0 Å². The molecule has 3 nitrogen and oxygen atoms in total. The van der Waals surface area contributed by atoms with E-state index in [9.17, 15) is 0 Å². The first-order chi connectivity index (χ1) is 5.16. The zero-order valence-corrected chi connectivity index (χ0v) is 8.32. The molecule has 0 aromatic carbocycles. The highest BCUT2D eigenvalue weighted by Crippen LogP contribution is 2.25. The molecule has 0 amide bonds. The van der Waals surface area contributed by atoms with E-state index < -0.39 is 0 Å². The summed E-state index contributed by atoms with van der Waals surface area (Å²) in [5, 5.41) is 4.81. The van der Waals surface area contributed by atoms with Crippen LogP contribution < -0.4 is 5.73 Å². The van der Waals surface area contributed by atoms with Crippen LogP contribution in [0.3, 0.4) is 0 Å². The largest absolute Gasteiger partial charge is 0.358 e. The van der Waals surface area contributed by atoms with Crippen LogP contribution in [-0.4, -0.2) is 10.5 Å². The molecule has 5 heteroatoms. The second-order valence-electron chi connectivity index (χ2n) is 2.21. The third kappa shape index (κ3) is 1.75. The standard InChI is InChI=1S/C6H8BrClN2O/c1-3-5(8)6(11-10-3)4(9)2-7/h4H,2,9H2,1H3. The molecule has 0 aliphatic carbocycles. The van der Waals surface area contributed by atoms with Gasteiger partial charge < -0.3 is 10.3 Å². The highest BCUT2D eigenvalue weighted by molar-refractivity contribution is 9.09. The highest BCUT2D eigenvalue weighted by Gasteiger charge is 2.16. The van der Waals surface area contributed by atoms with E-state index in [2.05, 4.69) is 21.1 Å². The fourth-order valence-electron chi connectivity index (χ4n) is 0.677. The monoisotopic (exact) mass is 238 g/mol. The van der Waals surface area contributed by atoms with E-state index in [1.807, 2.05) is 0 Å². The Morgan fingerprint density at radius 1 is 1.82 bits per heavy atom. The number of nitrogens with two attached hydrogens (primary N) is 1. The van der Waals surface area contributed by atoms with Gasteiger partial charge in [0.05, 0.1) is 11.7 Å². The summed E-state index contributed by atoms with van der Waals surface area (Å²) in [5.41, 5.74) is 6.32. The summed E-state index contributed by atoms with van der Waals surface area (Å²) in [6.45, 7) is 1.77. The Labute approximate surface area is 78.0 Å². The van der Waals surface area contributed by atoms with Gasteiger partial charge in [0, 0.05) is 5.33 Å². The third-order valence-electron chi connectivity index (χ3n) is 1.32. The van der Waals surface area contributed by atoms with Crippen molar-refractivity contribution in [2.45, 2.75) is 13.0 Å². The lowest BCUT2D eigenvalue weighted by molar-refractivity contribution is 0.366. The Morgan fingerprint density at radius 2 is 2.45 bits per heavy atom. The maximum absolute atomic E-state index is 5.83. The van der Waals surface area contributed by atoms with Gasteiger partial charge in [-0.2, -0.15) is 0 Å². The quantitative estimate of drug-likeness (QED) is 0.804. The van der Waals surface area contributed by atoms with E-state index in [-0.39, 0.29) is 6.04 Å². The molecule has 1 heterocycles. The van der Waals surface area contributed by atoms with E-state index in [0.717, 1.165) is 0 Å². The SMILES string of the molecule is Cc1noc(C(N)CBr)c1Cl. The van der Waals surface area contributed by atoms with E-state index in [4.69, 9.17) is 21.9 Å². The van der Waals surface area contributed by atoms with Gasteiger partial charge in [0.2, 0.25) is 0 Å². The maximum Gasteiger partial charge on any atom is 0.173 e. The summed E-state index contributed by atoms with van der Waals surface area (Å²) in [7, 11) is 0. The third-order valence-corrected chi connectivity index (χ3v) is 2.48. The lowest BCUT2D eigenvalue weighted by Gasteiger charge is -2.01. The van der Waals surface area contributed by atoms with Crippen LogP contribution in [0.1, 0.15) is 17.5 Å². The molecule has 0 saturated heterocycles. The first-order valence-corrected chi connectivity index (χ1v) is 4.60. The number of halogens is 2. The predicted molar refractivity (Wildman–Crippen MR) is 47.0 cm³/mol. The zero-order chi connectivity index (χ0) is 8.43. The lowest BCUT2D eigenvalue weighted by Crippen LogP contribution is -2.10. The Bertz CT molecular complexity index is 251. The summed E-state index contributed by atoms with van der Waals surface area (Å²) in [6.07, 6.45) is 0. The average Bonchev–Trinajstić information content (AvgIpc) is 2.32. The van der Waals surface area contributed by atoms with Crippen LogP contribution in [0, 0.1) is 6.92 Å². The van der Waals surface area contributed by atoms with Crippen molar-refractivity contribution in [2.24, 2.45) is 5.73 Å². The molecule has 2 N–H and O–H groups in total. The molecule has 1 atom stereocenters. The minimum Gasteiger partial charge on any atom is -0.358 e. The fourth-order valence-corrected chi connectivity index (χ4v) is 1.18. The number of hydrogen-bond donors (Lipinski definition) is 1. The molecule has 11 heavy (non-hydrogen) atoms. The number of aromatic nitrogens is 1. The molecule has 1 rings (SSSR count). The van der Waals surface area contributed by atoms with Gasteiger partial charge in [0.25, 0.3) is 0 Å². The molecule has 1 unspecified atom stereocenters. The van der Waals surface area contributed by atoms with Gasteiger partial charge in [0.15, 0.2) is 5.76 Å². The van der Waals surface area contributed by atoms with E-state index in [0.29, 0.717) is 21.8 Å². The minimum absolute atomic E-state index is 0.219. The van der Waals surface area contributed by atoms with Gasteiger partial charge in [-0.25, -0.2) is 0 Å². The Balaban J connectivity index is 2.94.